The standard InChI is InChI=1S/C16H27NOS/c1-5-17-16(13(3)11-12-18-4)14-7-9-15(10-8-14)19-6-2/h7-10,13,16-17H,5-6,11-12H2,1-4H3. The highest BCUT2D eigenvalue weighted by atomic mass is 32.2. The summed E-state index contributed by atoms with van der Waals surface area (Å²) in [7, 11) is 1.77. The average molecular weight is 281 g/mol. The Hall–Kier alpha value is -0.510. The summed E-state index contributed by atoms with van der Waals surface area (Å²) in [5.74, 6) is 1.70. The maximum absolute atomic E-state index is 5.20. The fraction of sp³-hybridized carbons (Fsp3) is 0.625. The first-order valence-electron chi connectivity index (χ1n) is 7.18. The number of hydrogen-bond donors (Lipinski definition) is 1. The van der Waals surface area contributed by atoms with Crippen LogP contribution in [0, 0.1) is 5.92 Å². The number of benzene rings is 1. The van der Waals surface area contributed by atoms with Crippen molar-refractivity contribution in [3.63, 3.8) is 0 Å². The molecule has 0 heterocycles. The van der Waals surface area contributed by atoms with Gasteiger partial charge in [-0.05, 0) is 42.3 Å². The van der Waals surface area contributed by atoms with Crippen molar-refractivity contribution >= 4 is 11.8 Å². The Kier molecular flexibility index (Phi) is 8.19. The molecule has 0 fully saturated rings. The van der Waals surface area contributed by atoms with Crippen molar-refractivity contribution in [1.29, 1.82) is 0 Å². The van der Waals surface area contributed by atoms with E-state index in [1.807, 2.05) is 11.8 Å². The zero-order chi connectivity index (χ0) is 14.1. The second-order valence-electron chi connectivity index (χ2n) is 4.80. The van der Waals surface area contributed by atoms with Crippen LogP contribution in [-0.4, -0.2) is 26.0 Å². The summed E-state index contributed by atoms with van der Waals surface area (Å²) >= 11 is 1.89. The molecule has 0 saturated heterocycles. The van der Waals surface area contributed by atoms with Crippen molar-refractivity contribution in [3.05, 3.63) is 29.8 Å². The molecule has 2 unspecified atom stereocenters. The van der Waals surface area contributed by atoms with E-state index in [9.17, 15) is 0 Å². The van der Waals surface area contributed by atoms with Crippen LogP contribution in [0.25, 0.3) is 0 Å². The van der Waals surface area contributed by atoms with Gasteiger partial charge in [0.15, 0.2) is 0 Å². The van der Waals surface area contributed by atoms with Gasteiger partial charge < -0.3 is 10.1 Å². The predicted molar refractivity (Wildman–Crippen MR) is 84.9 cm³/mol. The minimum absolute atomic E-state index is 0.417. The van der Waals surface area contributed by atoms with E-state index in [1.165, 1.54) is 10.5 Å². The van der Waals surface area contributed by atoms with Crippen molar-refractivity contribution < 1.29 is 4.74 Å². The smallest absolute Gasteiger partial charge is 0.0465 e. The largest absolute Gasteiger partial charge is 0.385 e. The summed E-state index contributed by atoms with van der Waals surface area (Å²) in [4.78, 5) is 1.35. The molecule has 1 aromatic rings. The van der Waals surface area contributed by atoms with Crippen LogP contribution in [0.5, 0.6) is 0 Å². The number of ether oxygens (including phenoxy) is 1. The maximum Gasteiger partial charge on any atom is 0.0465 e. The second-order valence-corrected chi connectivity index (χ2v) is 6.13. The Labute approximate surface area is 122 Å². The quantitative estimate of drug-likeness (QED) is 0.688. The number of nitrogens with one attached hydrogen (secondary N) is 1. The van der Waals surface area contributed by atoms with Gasteiger partial charge in [-0.15, -0.1) is 11.8 Å². The van der Waals surface area contributed by atoms with Gasteiger partial charge in [-0.3, -0.25) is 0 Å². The third-order valence-corrected chi connectivity index (χ3v) is 4.21. The molecular weight excluding hydrogens is 254 g/mol. The first-order chi connectivity index (χ1) is 9.22. The first-order valence-corrected chi connectivity index (χ1v) is 8.16. The Morgan fingerprint density at radius 2 is 1.89 bits per heavy atom. The molecule has 19 heavy (non-hydrogen) atoms. The lowest BCUT2D eigenvalue weighted by atomic mass is 9.92. The van der Waals surface area contributed by atoms with Crippen molar-refractivity contribution in [2.24, 2.45) is 5.92 Å². The topological polar surface area (TPSA) is 21.3 Å². The van der Waals surface area contributed by atoms with E-state index in [0.29, 0.717) is 12.0 Å². The molecule has 0 aliphatic rings. The summed E-state index contributed by atoms with van der Waals surface area (Å²) in [6.07, 6.45) is 1.08. The molecule has 2 atom stereocenters. The minimum Gasteiger partial charge on any atom is -0.385 e. The second kappa shape index (κ2) is 9.40. The molecule has 2 nitrogen and oxygen atoms in total. The molecule has 108 valence electrons. The van der Waals surface area contributed by atoms with Gasteiger partial charge >= 0.3 is 0 Å². The Balaban J connectivity index is 2.73. The van der Waals surface area contributed by atoms with E-state index in [4.69, 9.17) is 4.74 Å². The molecule has 1 rings (SSSR count). The highest BCUT2D eigenvalue weighted by Crippen LogP contribution is 2.27. The minimum atomic E-state index is 0.417. The first kappa shape index (κ1) is 16.5. The van der Waals surface area contributed by atoms with Gasteiger partial charge in [-0.2, -0.15) is 0 Å². The lowest BCUT2D eigenvalue weighted by Crippen LogP contribution is -2.27. The molecule has 0 aromatic heterocycles. The van der Waals surface area contributed by atoms with Gasteiger partial charge in [0.2, 0.25) is 0 Å². The van der Waals surface area contributed by atoms with Crippen LogP contribution >= 0.6 is 11.8 Å². The van der Waals surface area contributed by atoms with Gasteiger partial charge in [-0.25, -0.2) is 0 Å². The van der Waals surface area contributed by atoms with Crippen molar-refractivity contribution in [3.8, 4) is 0 Å². The zero-order valence-corrected chi connectivity index (χ0v) is 13.4. The third kappa shape index (κ3) is 5.55. The van der Waals surface area contributed by atoms with E-state index >= 15 is 0 Å². The Morgan fingerprint density at radius 1 is 1.21 bits per heavy atom. The van der Waals surface area contributed by atoms with Gasteiger partial charge in [-0.1, -0.05) is 32.9 Å². The third-order valence-electron chi connectivity index (χ3n) is 3.32. The SMILES string of the molecule is CCNC(c1ccc(SCC)cc1)C(C)CCOC. The van der Waals surface area contributed by atoms with E-state index in [2.05, 4.69) is 50.4 Å². The summed E-state index contributed by atoms with van der Waals surface area (Å²) in [6.45, 7) is 8.46. The van der Waals surface area contributed by atoms with E-state index in [-0.39, 0.29) is 0 Å². The van der Waals surface area contributed by atoms with E-state index in [0.717, 1.165) is 25.3 Å². The zero-order valence-electron chi connectivity index (χ0n) is 12.6. The molecule has 1 aromatic carbocycles. The van der Waals surface area contributed by atoms with Crippen LogP contribution in [0.3, 0.4) is 0 Å². The van der Waals surface area contributed by atoms with Gasteiger partial charge in [0.25, 0.3) is 0 Å². The van der Waals surface area contributed by atoms with E-state index < -0.39 is 0 Å². The molecule has 0 aliphatic carbocycles. The average Bonchev–Trinajstić information content (AvgIpc) is 2.43. The normalized spacial score (nSPS) is 14.3. The predicted octanol–water partition coefficient (Wildman–Crippen LogP) is 4.12. The number of rotatable bonds is 9. The fourth-order valence-electron chi connectivity index (χ4n) is 2.28. The van der Waals surface area contributed by atoms with Crippen LogP contribution in [0.4, 0.5) is 0 Å². The van der Waals surface area contributed by atoms with Gasteiger partial charge in [0.05, 0.1) is 0 Å². The van der Waals surface area contributed by atoms with Crippen molar-refractivity contribution in [2.45, 2.75) is 38.1 Å². The molecular formula is C16H27NOS. The number of thioether (sulfide) groups is 1. The van der Waals surface area contributed by atoms with E-state index in [1.54, 1.807) is 7.11 Å². The van der Waals surface area contributed by atoms with Gasteiger partial charge in [0, 0.05) is 24.7 Å². The molecule has 0 amide bonds. The molecule has 0 spiro atoms. The number of methoxy groups -OCH3 is 1. The van der Waals surface area contributed by atoms with Gasteiger partial charge in [0.1, 0.15) is 0 Å². The van der Waals surface area contributed by atoms with Crippen LogP contribution in [-0.2, 0) is 4.74 Å². The van der Waals surface area contributed by atoms with Crippen LogP contribution in [0.15, 0.2) is 29.2 Å². The summed E-state index contributed by atoms with van der Waals surface area (Å²) in [6, 6.07) is 9.40. The Morgan fingerprint density at radius 3 is 2.42 bits per heavy atom. The lowest BCUT2D eigenvalue weighted by molar-refractivity contribution is 0.170. The van der Waals surface area contributed by atoms with Crippen LogP contribution in [0.2, 0.25) is 0 Å². The van der Waals surface area contributed by atoms with Crippen molar-refractivity contribution in [1.82, 2.24) is 5.32 Å². The fourth-order valence-corrected chi connectivity index (χ4v) is 2.94. The maximum atomic E-state index is 5.20. The number of hydrogen-bond acceptors (Lipinski definition) is 3. The Bertz CT molecular complexity index is 339. The molecule has 0 saturated carbocycles. The summed E-state index contributed by atoms with van der Waals surface area (Å²) in [5.41, 5.74) is 1.38. The van der Waals surface area contributed by atoms with Crippen LogP contribution < -0.4 is 5.32 Å². The monoisotopic (exact) mass is 281 g/mol. The molecule has 0 radical (unpaired) electrons. The summed E-state index contributed by atoms with van der Waals surface area (Å²) in [5, 5.41) is 3.60. The van der Waals surface area contributed by atoms with Crippen LogP contribution in [0.1, 0.15) is 38.8 Å². The van der Waals surface area contributed by atoms with Crippen molar-refractivity contribution in [2.75, 3.05) is 26.0 Å². The molecule has 3 heteroatoms. The highest BCUT2D eigenvalue weighted by molar-refractivity contribution is 7.99. The molecule has 0 bridgehead atoms. The lowest BCUT2D eigenvalue weighted by Gasteiger charge is -2.25. The molecule has 0 aliphatic heterocycles. The highest BCUT2D eigenvalue weighted by Gasteiger charge is 2.17. The summed E-state index contributed by atoms with van der Waals surface area (Å²) < 4.78 is 5.20. The molecule has 1 N–H and O–H groups in total.